The molecule has 1 saturated heterocycles. The minimum absolute atomic E-state index is 0.131. The number of fused-ring (bicyclic) bond motifs is 1. The van der Waals surface area contributed by atoms with Gasteiger partial charge >= 0.3 is 7.12 Å². The number of aromatic amines is 1. The van der Waals surface area contributed by atoms with Crippen molar-refractivity contribution in [1.29, 1.82) is 0 Å². The molecule has 1 aliphatic rings. The van der Waals surface area contributed by atoms with Gasteiger partial charge in [0.1, 0.15) is 0 Å². The van der Waals surface area contributed by atoms with E-state index >= 15 is 0 Å². The van der Waals surface area contributed by atoms with Crippen molar-refractivity contribution in [1.82, 2.24) is 19.9 Å². The molecule has 0 atom stereocenters. The molecule has 4 aromatic rings. The van der Waals surface area contributed by atoms with Gasteiger partial charge in [0.05, 0.1) is 16.8 Å². The maximum absolute atomic E-state index is 12.4. The summed E-state index contributed by atoms with van der Waals surface area (Å²) >= 11 is 3.15. The van der Waals surface area contributed by atoms with E-state index < -0.39 is 23.0 Å². The lowest BCUT2D eigenvalue weighted by Gasteiger charge is -2.31. The van der Waals surface area contributed by atoms with E-state index in [9.17, 15) is 13.2 Å². The van der Waals surface area contributed by atoms with Crippen LogP contribution in [0, 0.1) is 5.92 Å². The van der Waals surface area contributed by atoms with Crippen LogP contribution in [-0.2, 0) is 23.1 Å². The molecule has 48 heavy (non-hydrogen) atoms. The van der Waals surface area contributed by atoms with Crippen LogP contribution in [0.5, 0.6) is 0 Å². The highest BCUT2D eigenvalue weighted by Crippen LogP contribution is 2.38. The Morgan fingerprint density at radius 3 is 2.29 bits per heavy atom. The Hall–Kier alpha value is -2.56. The quantitative estimate of drug-likeness (QED) is 0.0983. The van der Waals surface area contributed by atoms with Crippen LogP contribution >= 0.6 is 22.7 Å². The summed E-state index contributed by atoms with van der Waals surface area (Å²) in [6.45, 7) is 12.8. The number of rotatable bonds is 15. The number of nitrogens with two attached hydrogens (primary N) is 1. The fraction of sp³-hybridized carbons (Fsp3) is 0.500. The normalized spacial score (nSPS) is 14.4. The molecule has 0 bridgehead atoms. The van der Waals surface area contributed by atoms with Crippen LogP contribution in [-0.4, -0.2) is 72.7 Å². The van der Waals surface area contributed by atoms with Crippen LogP contribution < -0.4 is 21.1 Å². The highest BCUT2D eigenvalue weighted by Gasteiger charge is 2.29. The zero-order chi connectivity index (χ0) is 34.8. The van der Waals surface area contributed by atoms with Crippen LogP contribution in [0.4, 0.5) is 0 Å². The molecule has 4 heterocycles. The smallest absolute Gasteiger partial charge is 0.423 e. The molecule has 3 aromatic heterocycles. The predicted octanol–water partition coefficient (Wildman–Crippen LogP) is 4.59. The van der Waals surface area contributed by atoms with Crippen molar-refractivity contribution < 1.29 is 23.3 Å². The average Bonchev–Trinajstić information content (AvgIpc) is 3.86. The molecule has 1 aliphatic heterocycles. The molecular formula is C34H50BN5O5S3. The molecule has 7 N–H and O–H groups in total. The number of amides is 1. The third-order valence-corrected chi connectivity index (χ3v) is 13.2. The number of nitrogens with one attached hydrogen (secondary N) is 3. The molecule has 1 aromatic carbocycles. The van der Waals surface area contributed by atoms with Crippen LogP contribution in [0.1, 0.15) is 85.0 Å². The van der Waals surface area contributed by atoms with E-state index in [1.807, 2.05) is 25.3 Å². The molecule has 0 radical (unpaired) electrons. The number of H-pyrrole nitrogens is 1. The second-order valence-corrected chi connectivity index (χ2v) is 16.8. The minimum atomic E-state index is -3.17. The predicted molar refractivity (Wildman–Crippen MR) is 200 cm³/mol. The van der Waals surface area contributed by atoms with E-state index in [4.69, 9.17) is 15.8 Å². The highest BCUT2D eigenvalue weighted by molar-refractivity contribution is 7.89. The van der Waals surface area contributed by atoms with Crippen molar-refractivity contribution in [3.8, 4) is 10.4 Å². The van der Waals surface area contributed by atoms with Crippen molar-refractivity contribution >= 4 is 61.4 Å². The van der Waals surface area contributed by atoms with Crippen molar-refractivity contribution in [2.45, 2.75) is 72.4 Å². The number of primary amides is 1. The van der Waals surface area contributed by atoms with Gasteiger partial charge in [-0.05, 0) is 86.1 Å². The van der Waals surface area contributed by atoms with Crippen molar-refractivity contribution in [3.05, 3.63) is 63.5 Å². The summed E-state index contributed by atoms with van der Waals surface area (Å²) in [5.41, 5.74) is 9.14. The van der Waals surface area contributed by atoms with Gasteiger partial charge in [-0.3, -0.25) is 4.79 Å². The van der Waals surface area contributed by atoms with Crippen LogP contribution in [0.25, 0.3) is 21.3 Å². The summed E-state index contributed by atoms with van der Waals surface area (Å²) in [5, 5.41) is 25.4. The summed E-state index contributed by atoms with van der Waals surface area (Å²) in [6, 6.07) is 11.9. The zero-order valence-electron chi connectivity index (χ0n) is 28.4. The lowest BCUT2D eigenvalue weighted by Crippen LogP contribution is -2.38. The molecule has 10 nitrogen and oxygen atoms in total. The Morgan fingerprint density at radius 2 is 1.69 bits per heavy atom. The molecule has 0 unspecified atom stereocenters. The first-order valence-corrected chi connectivity index (χ1v) is 20.1. The van der Waals surface area contributed by atoms with Crippen molar-refractivity contribution in [2.75, 3.05) is 31.9 Å². The molecule has 0 saturated carbocycles. The number of hydrogen-bond donors (Lipinski definition) is 6. The third-order valence-electron chi connectivity index (χ3n) is 9.06. The molecule has 262 valence electrons. The van der Waals surface area contributed by atoms with E-state index in [-0.39, 0.29) is 11.7 Å². The Bertz CT molecular complexity index is 1720. The Kier molecular flexibility index (Phi) is 14.3. The number of carbonyl (C=O) groups is 1. The fourth-order valence-corrected chi connectivity index (χ4v) is 8.99. The topological polar surface area (TPSA) is 161 Å². The van der Waals surface area contributed by atoms with E-state index in [0.717, 1.165) is 70.8 Å². The Labute approximate surface area is 293 Å². The van der Waals surface area contributed by atoms with Crippen LogP contribution in [0.15, 0.2) is 42.6 Å². The third kappa shape index (κ3) is 9.78. The number of aromatic nitrogens is 1. The minimum Gasteiger partial charge on any atom is -0.423 e. The molecule has 1 fully saturated rings. The van der Waals surface area contributed by atoms with Crippen molar-refractivity contribution in [3.63, 3.8) is 0 Å². The second kappa shape index (κ2) is 17.9. The highest BCUT2D eigenvalue weighted by atomic mass is 32.2. The van der Waals surface area contributed by atoms with Gasteiger partial charge in [0.15, 0.2) is 0 Å². The maximum Gasteiger partial charge on any atom is 0.499 e. The number of carbonyl (C=O) groups excluding carboxylic acids is 1. The van der Waals surface area contributed by atoms with Gasteiger partial charge in [0.25, 0.3) is 5.91 Å². The Balaban J connectivity index is 0.000000365. The SMILES string of the molecule is CCC(CC)CNCc1ccc(-c2cc(C(N)=O)c3[nH]cc(C4CCN(S(=O)(=O)CC)CC4)c3c2)s1.CCNCc1ccc(B(O)O)s1. The van der Waals surface area contributed by atoms with E-state index in [2.05, 4.69) is 47.7 Å². The van der Waals surface area contributed by atoms with Gasteiger partial charge < -0.3 is 31.4 Å². The number of thiophene rings is 2. The monoisotopic (exact) mass is 715 g/mol. The van der Waals surface area contributed by atoms with Crippen LogP contribution in [0.3, 0.4) is 0 Å². The van der Waals surface area contributed by atoms with Crippen molar-refractivity contribution in [2.24, 2.45) is 11.7 Å². The first kappa shape index (κ1) is 38.3. The summed E-state index contributed by atoms with van der Waals surface area (Å²) in [7, 11) is -4.50. The van der Waals surface area contributed by atoms with Gasteiger partial charge in [-0.2, -0.15) is 0 Å². The van der Waals surface area contributed by atoms with Gasteiger partial charge in [0, 0.05) is 57.2 Å². The molecule has 14 heteroatoms. The maximum atomic E-state index is 12.4. The lowest BCUT2D eigenvalue weighted by atomic mass is 9.89. The summed E-state index contributed by atoms with van der Waals surface area (Å²) in [4.78, 5) is 19.1. The van der Waals surface area contributed by atoms with Gasteiger partial charge in [-0.1, -0.05) is 39.7 Å². The molecule has 0 aliphatic carbocycles. The molecular weight excluding hydrogens is 665 g/mol. The lowest BCUT2D eigenvalue weighted by molar-refractivity contribution is 0.100. The zero-order valence-corrected chi connectivity index (χ0v) is 30.9. The van der Waals surface area contributed by atoms with Gasteiger partial charge in [-0.15, -0.1) is 22.7 Å². The summed E-state index contributed by atoms with van der Waals surface area (Å²) in [5.74, 6) is 0.603. The Morgan fingerprint density at radius 1 is 1.02 bits per heavy atom. The first-order chi connectivity index (χ1) is 23.0. The van der Waals surface area contributed by atoms with Gasteiger partial charge in [0.2, 0.25) is 10.0 Å². The van der Waals surface area contributed by atoms with Crippen LogP contribution in [0.2, 0.25) is 0 Å². The largest absolute Gasteiger partial charge is 0.499 e. The first-order valence-electron chi connectivity index (χ1n) is 16.9. The number of benzene rings is 1. The molecule has 0 spiro atoms. The summed E-state index contributed by atoms with van der Waals surface area (Å²) < 4.78 is 26.8. The standard InChI is InChI=1S/C27H38N4O3S2.C7H12BNO2S/c1-4-18(5-2)15-29-16-21-7-8-25(35-21)20-13-22-24(17-30-26(22)23(14-20)27(28)32)19-9-11-31(12-10-19)36(33,34)6-3;1-2-9-5-6-3-4-7(12-6)8(10)11/h7-8,13-14,17-19,29-30H,4-6,9-12,15-16H2,1-3H3,(H2,28,32);3-4,9-11H,2,5H2,1H3. The number of hydrogen-bond acceptors (Lipinski definition) is 9. The second-order valence-electron chi connectivity index (χ2n) is 12.2. The van der Waals surface area contributed by atoms with E-state index in [0.29, 0.717) is 29.3 Å². The van der Waals surface area contributed by atoms with E-state index in [1.54, 1.807) is 28.6 Å². The number of sulfonamides is 1. The van der Waals surface area contributed by atoms with Gasteiger partial charge in [-0.25, -0.2) is 12.7 Å². The average molecular weight is 716 g/mol. The fourth-order valence-electron chi connectivity index (χ4n) is 6.04. The van der Waals surface area contributed by atoms with E-state index in [1.165, 1.54) is 29.1 Å². The molecule has 5 rings (SSSR count). The number of piperidine rings is 1. The summed E-state index contributed by atoms with van der Waals surface area (Å²) in [6.07, 6.45) is 5.85. The number of nitrogens with zero attached hydrogens (tertiary/aromatic N) is 1. The molecule has 1 amide bonds.